The summed E-state index contributed by atoms with van der Waals surface area (Å²) in [5, 5.41) is 0. The third-order valence-corrected chi connectivity index (χ3v) is 4.88. The molecular formula is C23H22. The van der Waals surface area contributed by atoms with Gasteiger partial charge in [-0.3, -0.25) is 0 Å². The minimum atomic E-state index is 0.144. The standard InChI is InChI=1S/C23H22/c1-23(2,3)22-14-7-6-11-20(22)19-13-8-12-18-17-10-5-4-9-16(17)15-21(18)19/h4-14H,15H2,1-3H3. The van der Waals surface area contributed by atoms with E-state index >= 15 is 0 Å². The Bertz CT molecular complexity index is 879. The Morgan fingerprint density at radius 1 is 0.609 bits per heavy atom. The third-order valence-electron chi connectivity index (χ3n) is 4.88. The van der Waals surface area contributed by atoms with Crippen molar-refractivity contribution in [2.75, 3.05) is 0 Å². The summed E-state index contributed by atoms with van der Waals surface area (Å²) in [6, 6.07) is 24.4. The van der Waals surface area contributed by atoms with Crippen LogP contribution < -0.4 is 0 Å². The van der Waals surface area contributed by atoms with Gasteiger partial charge in [-0.25, -0.2) is 0 Å². The van der Waals surface area contributed by atoms with E-state index in [0.29, 0.717) is 0 Å². The highest BCUT2D eigenvalue weighted by molar-refractivity contribution is 5.85. The van der Waals surface area contributed by atoms with Gasteiger partial charge in [0.25, 0.3) is 0 Å². The first kappa shape index (κ1) is 14.3. The van der Waals surface area contributed by atoms with E-state index in [1.807, 2.05) is 0 Å². The molecule has 23 heavy (non-hydrogen) atoms. The Hall–Kier alpha value is -2.34. The van der Waals surface area contributed by atoms with Crippen LogP contribution in [-0.2, 0) is 11.8 Å². The zero-order chi connectivity index (χ0) is 16.0. The Balaban J connectivity index is 1.95. The second-order valence-electron chi connectivity index (χ2n) is 7.46. The summed E-state index contributed by atoms with van der Waals surface area (Å²) in [7, 11) is 0. The molecule has 0 heterocycles. The molecule has 0 nitrogen and oxygen atoms in total. The van der Waals surface area contributed by atoms with Gasteiger partial charge < -0.3 is 0 Å². The average Bonchev–Trinajstić information content (AvgIpc) is 2.93. The fraction of sp³-hybridized carbons (Fsp3) is 0.217. The maximum atomic E-state index is 2.30. The van der Waals surface area contributed by atoms with E-state index in [-0.39, 0.29) is 5.41 Å². The summed E-state index contributed by atoms with van der Waals surface area (Å²) < 4.78 is 0. The van der Waals surface area contributed by atoms with Crippen molar-refractivity contribution < 1.29 is 0 Å². The van der Waals surface area contributed by atoms with Crippen molar-refractivity contribution in [3.8, 4) is 22.3 Å². The van der Waals surface area contributed by atoms with Crippen molar-refractivity contribution >= 4 is 0 Å². The molecule has 0 saturated heterocycles. The first-order valence-electron chi connectivity index (χ1n) is 8.36. The van der Waals surface area contributed by atoms with Gasteiger partial charge in [0.05, 0.1) is 0 Å². The van der Waals surface area contributed by atoms with E-state index in [1.54, 1.807) is 0 Å². The quantitative estimate of drug-likeness (QED) is 0.391. The fourth-order valence-corrected chi connectivity index (χ4v) is 3.78. The van der Waals surface area contributed by atoms with Gasteiger partial charge in [0.15, 0.2) is 0 Å². The zero-order valence-electron chi connectivity index (χ0n) is 14.1. The molecule has 0 amide bonds. The summed E-state index contributed by atoms with van der Waals surface area (Å²) in [5.74, 6) is 0. The summed E-state index contributed by atoms with van der Waals surface area (Å²) in [5.41, 5.74) is 10.1. The number of hydrogen-bond acceptors (Lipinski definition) is 0. The fourth-order valence-electron chi connectivity index (χ4n) is 3.78. The van der Waals surface area contributed by atoms with E-state index in [2.05, 4.69) is 87.5 Å². The van der Waals surface area contributed by atoms with Crippen LogP contribution in [0.1, 0.15) is 37.5 Å². The lowest BCUT2D eigenvalue weighted by Gasteiger charge is -2.24. The van der Waals surface area contributed by atoms with Gasteiger partial charge in [0.1, 0.15) is 0 Å². The Labute approximate surface area is 138 Å². The van der Waals surface area contributed by atoms with Gasteiger partial charge in [-0.1, -0.05) is 87.5 Å². The molecule has 4 rings (SSSR count). The Morgan fingerprint density at radius 3 is 1.91 bits per heavy atom. The van der Waals surface area contributed by atoms with Crippen LogP contribution in [-0.4, -0.2) is 0 Å². The van der Waals surface area contributed by atoms with Gasteiger partial charge in [-0.2, -0.15) is 0 Å². The van der Waals surface area contributed by atoms with Crippen LogP contribution in [0.5, 0.6) is 0 Å². The molecule has 0 aromatic heterocycles. The third kappa shape index (κ3) is 2.30. The maximum absolute atomic E-state index is 2.30. The van der Waals surface area contributed by atoms with Crippen LogP contribution in [0.15, 0.2) is 66.7 Å². The highest BCUT2D eigenvalue weighted by atomic mass is 14.3. The molecule has 0 fully saturated rings. The normalized spacial score (nSPS) is 12.8. The van der Waals surface area contributed by atoms with Crippen molar-refractivity contribution in [3.63, 3.8) is 0 Å². The van der Waals surface area contributed by atoms with Gasteiger partial charge in [0, 0.05) is 0 Å². The van der Waals surface area contributed by atoms with Crippen LogP contribution in [0.4, 0.5) is 0 Å². The lowest BCUT2D eigenvalue weighted by molar-refractivity contribution is 0.592. The summed E-state index contributed by atoms with van der Waals surface area (Å²) in [4.78, 5) is 0. The molecule has 0 bridgehead atoms. The molecule has 0 N–H and O–H groups in total. The minimum absolute atomic E-state index is 0.144. The smallest absolute Gasteiger partial charge is 0.000728 e. The Morgan fingerprint density at radius 2 is 1.17 bits per heavy atom. The molecule has 3 aromatic carbocycles. The van der Waals surface area contributed by atoms with Crippen molar-refractivity contribution in [2.45, 2.75) is 32.6 Å². The lowest BCUT2D eigenvalue weighted by Crippen LogP contribution is -2.12. The predicted molar refractivity (Wildman–Crippen MR) is 98.8 cm³/mol. The van der Waals surface area contributed by atoms with Gasteiger partial charge >= 0.3 is 0 Å². The molecule has 114 valence electrons. The molecule has 0 atom stereocenters. The predicted octanol–water partition coefficient (Wildman–Crippen LogP) is 6.22. The van der Waals surface area contributed by atoms with Crippen LogP contribution in [0.25, 0.3) is 22.3 Å². The molecule has 0 unspecified atom stereocenters. The van der Waals surface area contributed by atoms with E-state index in [4.69, 9.17) is 0 Å². The topological polar surface area (TPSA) is 0 Å². The first-order chi connectivity index (χ1) is 11.1. The molecule has 1 aliphatic carbocycles. The van der Waals surface area contributed by atoms with Crippen LogP contribution in [0, 0.1) is 0 Å². The van der Waals surface area contributed by atoms with Crippen molar-refractivity contribution in [3.05, 3.63) is 83.4 Å². The van der Waals surface area contributed by atoms with Crippen molar-refractivity contribution in [1.29, 1.82) is 0 Å². The number of benzene rings is 3. The van der Waals surface area contributed by atoms with Crippen LogP contribution in [0.3, 0.4) is 0 Å². The molecule has 0 radical (unpaired) electrons. The van der Waals surface area contributed by atoms with E-state index in [9.17, 15) is 0 Å². The van der Waals surface area contributed by atoms with Crippen LogP contribution in [0.2, 0.25) is 0 Å². The lowest BCUT2D eigenvalue weighted by atomic mass is 9.80. The molecule has 0 saturated carbocycles. The minimum Gasteiger partial charge on any atom is -0.0619 e. The second-order valence-corrected chi connectivity index (χ2v) is 7.46. The molecule has 1 aliphatic rings. The monoisotopic (exact) mass is 298 g/mol. The number of rotatable bonds is 1. The highest BCUT2D eigenvalue weighted by Crippen LogP contribution is 2.43. The number of fused-ring (bicyclic) bond motifs is 3. The van der Waals surface area contributed by atoms with Gasteiger partial charge in [0.2, 0.25) is 0 Å². The summed E-state index contributed by atoms with van der Waals surface area (Å²) in [6.45, 7) is 6.89. The van der Waals surface area contributed by atoms with Gasteiger partial charge in [-0.05, 0) is 50.8 Å². The Kier molecular flexibility index (Phi) is 3.16. The van der Waals surface area contributed by atoms with Crippen molar-refractivity contribution in [1.82, 2.24) is 0 Å². The molecule has 3 aromatic rings. The van der Waals surface area contributed by atoms with Crippen molar-refractivity contribution in [2.24, 2.45) is 0 Å². The number of hydrogen-bond donors (Lipinski definition) is 0. The molecule has 0 aliphatic heterocycles. The molecule has 0 spiro atoms. The zero-order valence-corrected chi connectivity index (χ0v) is 14.1. The largest absolute Gasteiger partial charge is 0.0619 e. The van der Waals surface area contributed by atoms with Crippen LogP contribution >= 0.6 is 0 Å². The average molecular weight is 298 g/mol. The highest BCUT2D eigenvalue weighted by Gasteiger charge is 2.24. The first-order valence-corrected chi connectivity index (χ1v) is 8.36. The SMILES string of the molecule is CC(C)(C)c1ccccc1-c1cccc2c1Cc1ccccc1-2. The summed E-state index contributed by atoms with van der Waals surface area (Å²) in [6.07, 6.45) is 1.04. The van der Waals surface area contributed by atoms with E-state index < -0.39 is 0 Å². The molecular weight excluding hydrogens is 276 g/mol. The second kappa shape index (κ2) is 5.09. The maximum Gasteiger partial charge on any atom is -0.000728 e. The molecule has 0 heteroatoms. The van der Waals surface area contributed by atoms with E-state index in [0.717, 1.165) is 6.42 Å². The van der Waals surface area contributed by atoms with Gasteiger partial charge in [-0.15, -0.1) is 0 Å². The summed E-state index contributed by atoms with van der Waals surface area (Å²) >= 11 is 0. The van der Waals surface area contributed by atoms with E-state index in [1.165, 1.54) is 38.9 Å².